The second kappa shape index (κ2) is 3.98. The summed E-state index contributed by atoms with van der Waals surface area (Å²) < 4.78 is 49.7. The molecule has 0 saturated heterocycles. The SMILES string of the molecule is CC(O)c1cc(C(F)(F)F)cc(F)c1Cl. The number of aliphatic hydroxyl groups excluding tert-OH is 1. The Morgan fingerprint density at radius 2 is 1.87 bits per heavy atom. The number of aliphatic hydroxyl groups is 1. The zero-order valence-corrected chi connectivity index (χ0v) is 8.33. The average molecular weight is 243 g/mol. The predicted molar refractivity (Wildman–Crippen MR) is 47.0 cm³/mol. The highest BCUT2D eigenvalue weighted by atomic mass is 35.5. The third kappa shape index (κ3) is 2.60. The van der Waals surface area contributed by atoms with Crippen molar-refractivity contribution in [1.82, 2.24) is 0 Å². The second-order valence-electron chi connectivity index (χ2n) is 3.04. The fourth-order valence-electron chi connectivity index (χ4n) is 1.08. The van der Waals surface area contributed by atoms with Crippen molar-refractivity contribution in [2.75, 3.05) is 0 Å². The molecule has 1 aromatic carbocycles. The first-order chi connectivity index (χ1) is 6.73. The van der Waals surface area contributed by atoms with Crippen LogP contribution >= 0.6 is 11.6 Å². The minimum absolute atomic E-state index is 0.274. The third-order valence-corrected chi connectivity index (χ3v) is 2.23. The summed E-state index contributed by atoms with van der Waals surface area (Å²) in [6.45, 7) is 1.21. The molecule has 0 amide bonds. The van der Waals surface area contributed by atoms with Crippen molar-refractivity contribution in [1.29, 1.82) is 0 Å². The van der Waals surface area contributed by atoms with E-state index in [1.54, 1.807) is 0 Å². The van der Waals surface area contributed by atoms with E-state index in [9.17, 15) is 17.6 Å². The van der Waals surface area contributed by atoms with Crippen molar-refractivity contribution in [2.45, 2.75) is 19.2 Å². The van der Waals surface area contributed by atoms with E-state index < -0.39 is 28.7 Å². The average Bonchev–Trinajstić information content (AvgIpc) is 2.06. The summed E-state index contributed by atoms with van der Waals surface area (Å²) in [6.07, 6.45) is -5.91. The van der Waals surface area contributed by atoms with Crippen LogP contribution in [0.4, 0.5) is 17.6 Å². The van der Waals surface area contributed by atoms with Gasteiger partial charge in [-0.15, -0.1) is 0 Å². The Kier molecular flexibility index (Phi) is 3.25. The summed E-state index contributed by atoms with van der Waals surface area (Å²) in [5, 5.41) is 8.61. The number of hydrogen-bond acceptors (Lipinski definition) is 1. The predicted octanol–water partition coefficient (Wildman–Crippen LogP) is 3.55. The molecule has 84 valence electrons. The van der Waals surface area contributed by atoms with Gasteiger partial charge in [-0.3, -0.25) is 0 Å². The van der Waals surface area contributed by atoms with Crippen LogP contribution in [-0.2, 0) is 6.18 Å². The van der Waals surface area contributed by atoms with Gasteiger partial charge in [-0.2, -0.15) is 13.2 Å². The van der Waals surface area contributed by atoms with E-state index in [2.05, 4.69) is 0 Å². The van der Waals surface area contributed by atoms with Crippen molar-refractivity contribution in [3.63, 3.8) is 0 Å². The molecule has 0 aliphatic carbocycles. The highest BCUT2D eigenvalue weighted by Gasteiger charge is 2.32. The topological polar surface area (TPSA) is 20.2 Å². The molecule has 1 atom stereocenters. The summed E-state index contributed by atoms with van der Waals surface area (Å²) in [6, 6.07) is 0.935. The Morgan fingerprint density at radius 3 is 2.27 bits per heavy atom. The molecule has 0 aromatic heterocycles. The van der Waals surface area contributed by atoms with Crippen LogP contribution in [0.25, 0.3) is 0 Å². The van der Waals surface area contributed by atoms with Crippen LogP contribution in [0.5, 0.6) is 0 Å². The van der Waals surface area contributed by atoms with E-state index in [0.29, 0.717) is 12.1 Å². The van der Waals surface area contributed by atoms with Crippen LogP contribution in [0.15, 0.2) is 12.1 Å². The summed E-state index contributed by atoms with van der Waals surface area (Å²) in [5.74, 6) is -1.19. The van der Waals surface area contributed by atoms with Crippen LogP contribution in [-0.4, -0.2) is 5.11 Å². The number of benzene rings is 1. The van der Waals surface area contributed by atoms with Gasteiger partial charge in [0.2, 0.25) is 0 Å². The van der Waals surface area contributed by atoms with Crippen LogP contribution in [0, 0.1) is 5.82 Å². The standard InChI is InChI=1S/C9H7ClF4O/c1-4(15)6-2-5(9(12,13)14)3-7(11)8(6)10/h2-4,15H,1H3. The maximum absolute atomic E-state index is 13.0. The van der Waals surface area contributed by atoms with Crippen molar-refractivity contribution in [3.8, 4) is 0 Å². The van der Waals surface area contributed by atoms with Crippen molar-refractivity contribution < 1.29 is 22.7 Å². The lowest BCUT2D eigenvalue weighted by Crippen LogP contribution is -2.08. The zero-order valence-electron chi connectivity index (χ0n) is 7.57. The minimum Gasteiger partial charge on any atom is -0.389 e. The van der Waals surface area contributed by atoms with Gasteiger partial charge < -0.3 is 5.11 Å². The second-order valence-corrected chi connectivity index (χ2v) is 3.41. The summed E-state index contributed by atoms with van der Waals surface area (Å²) in [5.41, 5.74) is -1.44. The first-order valence-electron chi connectivity index (χ1n) is 3.97. The molecule has 1 nitrogen and oxygen atoms in total. The summed E-state index contributed by atoms with van der Waals surface area (Å²) in [7, 11) is 0. The van der Waals surface area contributed by atoms with Gasteiger partial charge >= 0.3 is 6.18 Å². The van der Waals surface area contributed by atoms with E-state index in [0.717, 1.165) is 0 Å². The van der Waals surface area contributed by atoms with E-state index in [1.165, 1.54) is 6.92 Å². The van der Waals surface area contributed by atoms with Gasteiger partial charge in [0.05, 0.1) is 16.7 Å². The van der Waals surface area contributed by atoms with Crippen LogP contribution in [0.2, 0.25) is 5.02 Å². The van der Waals surface area contributed by atoms with Gasteiger partial charge in [-0.05, 0) is 19.1 Å². The third-order valence-electron chi connectivity index (χ3n) is 1.83. The Morgan fingerprint density at radius 1 is 1.33 bits per heavy atom. The Hall–Kier alpha value is -0.810. The van der Waals surface area contributed by atoms with Gasteiger partial charge in [-0.25, -0.2) is 4.39 Å². The quantitative estimate of drug-likeness (QED) is 0.747. The lowest BCUT2D eigenvalue weighted by molar-refractivity contribution is -0.137. The van der Waals surface area contributed by atoms with Gasteiger partial charge in [0, 0.05) is 5.56 Å². The molecule has 0 aliphatic heterocycles. The maximum Gasteiger partial charge on any atom is 0.416 e. The molecule has 1 N–H and O–H groups in total. The molecular formula is C9H7ClF4O. The van der Waals surface area contributed by atoms with Crippen molar-refractivity contribution in [2.24, 2.45) is 0 Å². The van der Waals surface area contributed by atoms with E-state index >= 15 is 0 Å². The van der Waals surface area contributed by atoms with Crippen LogP contribution in [0.1, 0.15) is 24.2 Å². The molecule has 0 bridgehead atoms. The molecular weight excluding hydrogens is 236 g/mol. The molecule has 1 unspecified atom stereocenters. The lowest BCUT2D eigenvalue weighted by atomic mass is 10.1. The van der Waals surface area contributed by atoms with Crippen LogP contribution in [0.3, 0.4) is 0 Å². The number of rotatable bonds is 1. The highest BCUT2D eigenvalue weighted by Crippen LogP contribution is 2.35. The molecule has 0 saturated carbocycles. The molecule has 15 heavy (non-hydrogen) atoms. The van der Waals surface area contributed by atoms with E-state index in [4.69, 9.17) is 16.7 Å². The smallest absolute Gasteiger partial charge is 0.389 e. The fourth-order valence-corrected chi connectivity index (χ4v) is 1.35. The molecule has 1 rings (SSSR count). The summed E-state index contributed by atoms with van der Waals surface area (Å²) >= 11 is 5.41. The fraction of sp³-hybridized carbons (Fsp3) is 0.333. The molecule has 0 fully saturated rings. The van der Waals surface area contributed by atoms with Gasteiger partial charge in [-0.1, -0.05) is 11.6 Å². The molecule has 0 aliphatic rings. The molecule has 6 heteroatoms. The normalized spacial score (nSPS) is 14.1. The van der Waals surface area contributed by atoms with Crippen molar-refractivity contribution >= 4 is 11.6 Å². The minimum atomic E-state index is -4.66. The molecule has 1 aromatic rings. The highest BCUT2D eigenvalue weighted by molar-refractivity contribution is 6.31. The number of alkyl halides is 3. The van der Waals surface area contributed by atoms with Gasteiger partial charge in [0.25, 0.3) is 0 Å². The first kappa shape index (κ1) is 12.3. The van der Waals surface area contributed by atoms with E-state index in [1.807, 2.05) is 0 Å². The molecule has 0 spiro atoms. The van der Waals surface area contributed by atoms with Gasteiger partial charge in [0.15, 0.2) is 0 Å². The van der Waals surface area contributed by atoms with Gasteiger partial charge in [0.1, 0.15) is 5.82 Å². The monoisotopic (exact) mass is 242 g/mol. The number of halogens is 5. The Labute approximate surface area is 88.3 Å². The van der Waals surface area contributed by atoms with E-state index in [-0.39, 0.29) is 5.56 Å². The molecule has 0 radical (unpaired) electrons. The Balaban J connectivity index is 3.36. The first-order valence-corrected chi connectivity index (χ1v) is 4.35. The zero-order chi connectivity index (χ0) is 11.8. The Bertz CT molecular complexity index is 373. The number of hydrogen-bond donors (Lipinski definition) is 1. The van der Waals surface area contributed by atoms with Crippen LogP contribution < -0.4 is 0 Å². The molecule has 0 heterocycles. The lowest BCUT2D eigenvalue weighted by Gasteiger charge is -2.12. The van der Waals surface area contributed by atoms with Crippen molar-refractivity contribution in [3.05, 3.63) is 34.1 Å². The maximum atomic E-state index is 13.0. The largest absolute Gasteiger partial charge is 0.416 e. The summed E-state index contributed by atoms with van der Waals surface area (Å²) in [4.78, 5) is 0.